The van der Waals surface area contributed by atoms with Crippen LogP contribution < -0.4 is 16.4 Å². The predicted molar refractivity (Wildman–Crippen MR) is 97.8 cm³/mol. The maximum Gasteiger partial charge on any atom is 0.326 e. The summed E-state index contributed by atoms with van der Waals surface area (Å²) in [6.07, 6.45) is 1.51. The highest BCUT2D eigenvalue weighted by atomic mass is 16.4. The van der Waals surface area contributed by atoms with Gasteiger partial charge in [-0.25, -0.2) is 4.79 Å². The topological polar surface area (TPSA) is 122 Å². The van der Waals surface area contributed by atoms with Crippen molar-refractivity contribution in [3.63, 3.8) is 0 Å². The molecule has 0 spiro atoms. The molecule has 0 rings (SSSR count). The first-order valence-electron chi connectivity index (χ1n) is 9.08. The molecule has 4 atom stereocenters. The summed E-state index contributed by atoms with van der Waals surface area (Å²) in [5.74, 6) is -1.69. The number of nitrogens with two attached hydrogens (primary N) is 1. The number of amides is 2. The van der Waals surface area contributed by atoms with E-state index in [0.29, 0.717) is 19.3 Å². The van der Waals surface area contributed by atoms with Crippen LogP contribution in [0, 0.1) is 17.8 Å². The lowest BCUT2D eigenvalue weighted by molar-refractivity contribution is -0.143. The van der Waals surface area contributed by atoms with Gasteiger partial charge in [-0.3, -0.25) is 9.59 Å². The highest BCUT2D eigenvalue weighted by Crippen LogP contribution is 2.12. The lowest BCUT2D eigenvalue weighted by Gasteiger charge is -2.27. The number of hydrogen-bond acceptors (Lipinski definition) is 4. The quantitative estimate of drug-likeness (QED) is 0.446. The van der Waals surface area contributed by atoms with E-state index in [4.69, 9.17) is 5.73 Å². The molecule has 0 aromatic heterocycles. The van der Waals surface area contributed by atoms with Gasteiger partial charge in [0.15, 0.2) is 0 Å². The molecule has 0 saturated heterocycles. The number of aliphatic carboxylic acids is 1. The monoisotopic (exact) mass is 357 g/mol. The van der Waals surface area contributed by atoms with E-state index in [9.17, 15) is 19.5 Å². The van der Waals surface area contributed by atoms with Crippen LogP contribution in [-0.2, 0) is 14.4 Å². The molecule has 5 N–H and O–H groups in total. The van der Waals surface area contributed by atoms with Crippen molar-refractivity contribution in [3.8, 4) is 0 Å². The first-order valence-corrected chi connectivity index (χ1v) is 9.08. The Balaban J connectivity index is 5.09. The maximum absolute atomic E-state index is 12.6. The van der Waals surface area contributed by atoms with Crippen LogP contribution in [0.2, 0.25) is 0 Å². The minimum Gasteiger partial charge on any atom is -0.480 e. The Bertz CT molecular complexity index is 452. The normalized spacial score (nSPS) is 16.2. The SMILES string of the molecule is CCC(C)[C@H](NC(=O)[C@@H](N)CC(C)C)C(=O)N[C@@H](CC(C)C)C(=O)O. The predicted octanol–water partition coefficient (Wildman–Crippen LogP) is 1.51. The zero-order valence-corrected chi connectivity index (χ0v) is 16.3. The summed E-state index contributed by atoms with van der Waals surface area (Å²) in [5, 5.41) is 14.6. The summed E-state index contributed by atoms with van der Waals surface area (Å²) in [6.45, 7) is 11.5. The highest BCUT2D eigenvalue weighted by molar-refractivity contribution is 5.91. The molecule has 7 nitrogen and oxygen atoms in total. The third-order valence-corrected chi connectivity index (χ3v) is 4.18. The van der Waals surface area contributed by atoms with E-state index in [-0.39, 0.29) is 23.7 Å². The Hall–Kier alpha value is -1.63. The van der Waals surface area contributed by atoms with E-state index in [1.54, 1.807) is 0 Å². The van der Waals surface area contributed by atoms with Gasteiger partial charge in [0.05, 0.1) is 6.04 Å². The third-order valence-electron chi connectivity index (χ3n) is 4.18. The zero-order chi connectivity index (χ0) is 19.7. The van der Waals surface area contributed by atoms with Gasteiger partial charge in [0, 0.05) is 0 Å². The summed E-state index contributed by atoms with van der Waals surface area (Å²) in [5.41, 5.74) is 5.89. The molecule has 0 aliphatic heterocycles. The first kappa shape index (κ1) is 23.4. The summed E-state index contributed by atoms with van der Waals surface area (Å²) < 4.78 is 0. The third kappa shape index (κ3) is 8.86. The Morgan fingerprint density at radius 2 is 1.44 bits per heavy atom. The molecule has 7 heteroatoms. The molecule has 0 aromatic rings. The van der Waals surface area contributed by atoms with E-state index in [0.717, 1.165) is 0 Å². The van der Waals surface area contributed by atoms with Crippen LogP contribution in [-0.4, -0.2) is 41.0 Å². The Labute approximate surface area is 151 Å². The maximum atomic E-state index is 12.6. The molecule has 0 aromatic carbocycles. The fraction of sp³-hybridized carbons (Fsp3) is 0.833. The summed E-state index contributed by atoms with van der Waals surface area (Å²) >= 11 is 0. The van der Waals surface area contributed by atoms with Crippen molar-refractivity contribution < 1.29 is 19.5 Å². The van der Waals surface area contributed by atoms with Crippen molar-refractivity contribution in [2.45, 2.75) is 78.9 Å². The minimum atomic E-state index is -1.08. The molecular formula is C18H35N3O4. The van der Waals surface area contributed by atoms with Gasteiger partial charge in [-0.05, 0) is 30.6 Å². The van der Waals surface area contributed by atoms with E-state index in [1.165, 1.54) is 0 Å². The molecular weight excluding hydrogens is 322 g/mol. The van der Waals surface area contributed by atoms with Crippen LogP contribution in [0.3, 0.4) is 0 Å². The molecule has 0 aliphatic rings. The van der Waals surface area contributed by atoms with Crippen LogP contribution in [0.4, 0.5) is 0 Å². The molecule has 0 fully saturated rings. The van der Waals surface area contributed by atoms with Gasteiger partial charge in [-0.15, -0.1) is 0 Å². The van der Waals surface area contributed by atoms with Crippen LogP contribution in [0.25, 0.3) is 0 Å². The Kier molecular flexibility index (Phi) is 10.4. The van der Waals surface area contributed by atoms with Crippen molar-refractivity contribution in [2.75, 3.05) is 0 Å². The smallest absolute Gasteiger partial charge is 0.326 e. The second-order valence-electron chi connectivity index (χ2n) is 7.64. The average Bonchev–Trinajstić information content (AvgIpc) is 2.49. The van der Waals surface area contributed by atoms with Gasteiger partial charge in [0.25, 0.3) is 0 Å². The minimum absolute atomic E-state index is 0.123. The Morgan fingerprint density at radius 3 is 1.84 bits per heavy atom. The number of rotatable bonds is 11. The lowest BCUT2D eigenvalue weighted by atomic mass is 9.96. The van der Waals surface area contributed by atoms with E-state index >= 15 is 0 Å². The number of nitrogens with one attached hydrogen (secondary N) is 2. The number of carboxylic acid groups (broad SMARTS) is 1. The van der Waals surface area contributed by atoms with E-state index < -0.39 is 30.0 Å². The number of carbonyl (C=O) groups is 3. The van der Waals surface area contributed by atoms with Crippen molar-refractivity contribution in [1.82, 2.24) is 10.6 Å². The van der Waals surface area contributed by atoms with Gasteiger partial charge in [-0.2, -0.15) is 0 Å². The van der Waals surface area contributed by atoms with Crippen LogP contribution in [0.15, 0.2) is 0 Å². The molecule has 0 heterocycles. The van der Waals surface area contributed by atoms with Crippen molar-refractivity contribution in [1.29, 1.82) is 0 Å². The standard InChI is InChI=1S/C18H35N3O4/c1-7-12(6)15(21-16(22)13(19)8-10(2)3)17(23)20-14(18(24)25)9-11(4)5/h10-15H,7-9,19H2,1-6H3,(H,20,23)(H,21,22)(H,24,25)/t12?,13-,14-,15-/m0/s1. The van der Waals surface area contributed by atoms with Gasteiger partial charge in [0.2, 0.25) is 11.8 Å². The largest absolute Gasteiger partial charge is 0.480 e. The molecule has 0 bridgehead atoms. The van der Waals surface area contributed by atoms with Crippen molar-refractivity contribution >= 4 is 17.8 Å². The van der Waals surface area contributed by atoms with Crippen LogP contribution in [0.5, 0.6) is 0 Å². The molecule has 146 valence electrons. The number of hydrogen-bond donors (Lipinski definition) is 4. The fourth-order valence-electron chi connectivity index (χ4n) is 2.53. The van der Waals surface area contributed by atoms with E-state index in [1.807, 2.05) is 41.5 Å². The number of carbonyl (C=O) groups excluding carboxylic acids is 2. The van der Waals surface area contributed by atoms with Crippen LogP contribution in [0.1, 0.15) is 60.8 Å². The second kappa shape index (κ2) is 11.1. The Morgan fingerprint density at radius 1 is 0.920 bits per heavy atom. The summed E-state index contributed by atoms with van der Waals surface area (Å²) in [7, 11) is 0. The molecule has 0 aliphatic carbocycles. The zero-order valence-electron chi connectivity index (χ0n) is 16.3. The number of carboxylic acids is 1. The molecule has 0 saturated carbocycles. The molecule has 25 heavy (non-hydrogen) atoms. The molecule has 1 unspecified atom stereocenters. The second-order valence-corrected chi connectivity index (χ2v) is 7.64. The van der Waals surface area contributed by atoms with Crippen molar-refractivity contribution in [2.24, 2.45) is 23.5 Å². The van der Waals surface area contributed by atoms with Gasteiger partial charge in [-0.1, -0.05) is 48.0 Å². The lowest BCUT2D eigenvalue weighted by Crippen LogP contribution is -2.56. The summed E-state index contributed by atoms with van der Waals surface area (Å²) in [6, 6.07) is -2.46. The average molecular weight is 357 g/mol. The van der Waals surface area contributed by atoms with Gasteiger partial charge in [0.1, 0.15) is 12.1 Å². The summed E-state index contributed by atoms with van der Waals surface area (Å²) in [4.78, 5) is 36.2. The van der Waals surface area contributed by atoms with Gasteiger partial charge >= 0.3 is 5.97 Å². The van der Waals surface area contributed by atoms with Crippen LogP contribution >= 0.6 is 0 Å². The molecule has 2 amide bonds. The fourth-order valence-corrected chi connectivity index (χ4v) is 2.53. The molecule has 0 radical (unpaired) electrons. The highest BCUT2D eigenvalue weighted by Gasteiger charge is 2.31. The van der Waals surface area contributed by atoms with Gasteiger partial charge < -0.3 is 21.5 Å². The first-order chi connectivity index (χ1) is 11.5. The van der Waals surface area contributed by atoms with Crippen molar-refractivity contribution in [3.05, 3.63) is 0 Å². The van der Waals surface area contributed by atoms with E-state index in [2.05, 4.69) is 10.6 Å².